The molecular formula is C14H20N4O2. The number of hydrogen-bond donors (Lipinski definition) is 1. The maximum absolute atomic E-state index is 5.79. The molecular weight excluding hydrogens is 256 g/mol. The van der Waals surface area contributed by atoms with Crippen molar-refractivity contribution in [2.45, 2.75) is 32.1 Å². The van der Waals surface area contributed by atoms with E-state index in [9.17, 15) is 0 Å². The van der Waals surface area contributed by atoms with Crippen molar-refractivity contribution in [2.24, 2.45) is 5.73 Å². The molecule has 2 heterocycles. The quantitative estimate of drug-likeness (QED) is 0.864. The Kier molecular flexibility index (Phi) is 4.34. The molecule has 0 bridgehead atoms. The van der Waals surface area contributed by atoms with Crippen LogP contribution in [0.5, 0.6) is 5.88 Å². The highest BCUT2D eigenvalue weighted by atomic mass is 16.5. The predicted molar refractivity (Wildman–Crippen MR) is 74.6 cm³/mol. The first-order valence-corrected chi connectivity index (χ1v) is 6.63. The molecule has 2 rings (SSSR count). The fourth-order valence-corrected chi connectivity index (χ4v) is 1.77. The lowest BCUT2D eigenvalue weighted by atomic mass is 9.88. The van der Waals surface area contributed by atoms with Crippen LogP contribution in [-0.2, 0) is 11.8 Å². The Morgan fingerprint density at radius 3 is 2.75 bits per heavy atom. The normalized spacial score (nSPS) is 14.0. The van der Waals surface area contributed by atoms with Gasteiger partial charge in [0.2, 0.25) is 11.8 Å². The van der Waals surface area contributed by atoms with Gasteiger partial charge in [-0.15, -0.1) is 0 Å². The molecule has 108 valence electrons. The Bertz CT molecular complexity index is 547. The van der Waals surface area contributed by atoms with Gasteiger partial charge in [0.05, 0.1) is 12.5 Å². The number of rotatable bonds is 6. The maximum Gasteiger partial charge on any atom is 0.233 e. The highest BCUT2D eigenvalue weighted by Crippen LogP contribution is 2.24. The summed E-state index contributed by atoms with van der Waals surface area (Å²) in [4.78, 5) is 8.60. The lowest BCUT2D eigenvalue weighted by Gasteiger charge is -2.20. The van der Waals surface area contributed by atoms with Gasteiger partial charge < -0.3 is 15.0 Å². The molecule has 2 aromatic heterocycles. The Morgan fingerprint density at radius 2 is 2.20 bits per heavy atom. The van der Waals surface area contributed by atoms with Crippen LogP contribution in [0.4, 0.5) is 0 Å². The van der Waals surface area contributed by atoms with Crippen LogP contribution in [0.25, 0.3) is 0 Å². The fourth-order valence-electron chi connectivity index (χ4n) is 1.77. The fraction of sp³-hybridized carbons (Fsp3) is 0.500. The zero-order chi connectivity index (χ0) is 14.6. The minimum Gasteiger partial charge on any atom is -0.481 e. The van der Waals surface area contributed by atoms with E-state index in [1.807, 2.05) is 19.1 Å². The first kappa shape index (κ1) is 14.5. The highest BCUT2D eigenvalue weighted by Gasteiger charge is 2.29. The summed E-state index contributed by atoms with van der Waals surface area (Å²) in [7, 11) is 1.59. The van der Waals surface area contributed by atoms with Gasteiger partial charge in [-0.1, -0.05) is 18.1 Å². The summed E-state index contributed by atoms with van der Waals surface area (Å²) in [5.74, 6) is 1.82. The SMILES string of the molecule is CCC(C)(CN)c1nc(Cc2ccc(OC)nc2)no1. The van der Waals surface area contributed by atoms with Crippen LogP contribution in [0, 0.1) is 0 Å². The highest BCUT2D eigenvalue weighted by molar-refractivity contribution is 5.20. The van der Waals surface area contributed by atoms with Gasteiger partial charge in [-0.3, -0.25) is 0 Å². The van der Waals surface area contributed by atoms with E-state index in [0.717, 1.165) is 12.0 Å². The van der Waals surface area contributed by atoms with E-state index in [1.54, 1.807) is 13.3 Å². The molecule has 6 heteroatoms. The molecule has 20 heavy (non-hydrogen) atoms. The van der Waals surface area contributed by atoms with E-state index >= 15 is 0 Å². The Morgan fingerprint density at radius 1 is 1.40 bits per heavy atom. The van der Waals surface area contributed by atoms with Gasteiger partial charge in [-0.05, 0) is 18.9 Å². The number of nitrogens with zero attached hydrogens (tertiary/aromatic N) is 3. The second kappa shape index (κ2) is 6.00. The molecule has 0 saturated carbocycles. The number of methoxy groups -OCH3 is 1. The third kappa shape index (κ3) is 2.96. The van der Waals surface area contributed by atoms with E-state index in [4.69, 9.17) is 15.0 Å². The molecule has 1 atom stereocenters. The number of aromatic nitrogens is 3. The standard InChI is InChI=1S/C14H20N4O2/c1-4-14(2,9-15)13-17-11(18-20-13)7-10-5-6-12(19-3)16-8-10/h5-6,8H,4,7,9,15H2,1-3H3. The molecule has 0 amide bonds. The molecule has 0 aliphatic carbocycles. The van der Waals surface area contributed by atoms with Gasteiger partial charge in [0.15, 0.2) is 5.82 Å². The Labute approximate surface area is 118 Å². The average Bonchev–Trinajstić information content (AvgIpc) is 2.96. The van der Waals surface area contributed by atoms with Crippen molar-refractivity contribution in [3.05, 3.63) is 35.6 Å². The molecule has 0 aliphatic heterocycles. The number of nitrogens with two attached hydrogens (primary N) is 1. The Balaban J connectivity index is 2.12. The molecule has 0 radical (unpaired) electrons. The topological polar surface area (TPSA) is 87.1 Å². The molecule has 2 aromatic rings. The number of hydrogen-bond acceptors (Lipinski definition) is 6. The van der Waals surface area contributed by atoms with Crippen molar-refractivity contribution in [1.29, 1.82) is 0 Å². The number of pyridine rings is 1. The molecule has 2 N–H and O–H groups in total. The van der Waals surface area contributed by atoms with Crippen LogP contribution >= 0.6 is 0 Å². The van der Waals surface area contributed by atoms with Crippen molar-refractivity contribution < 1.29 is 9.26 Å². The number of ether oxygens (including phenoxy) is 1. The first-order valence-electron chi connectivity index (χ1n) is 6.63. The minimum atomic E-state index is -0.261. The van der Waals surface area contributed by atoms with Crippen LogP contribution < -0.4 is 10.5 Å². The monoisotopic (exact) mass is 276 g/mol. The van der Waals surface area contributed by atoms with E-state index in [-0.39, 0.29) is 5.41 Å². The van der Waals surface area contributed by atoms with E-state index < -0.39 is 0 Å². The van der Waals surface area contributed by atoms with E-state index in [2.05, 4.69) is 22.0 Å². The summed E-state index contributed by atoms with van der Waals surface area (Å²) < 4.78 is 10.4. The molecule has 0 fully saturated rings. The summed E-state index contributed by atoms with van der Waals surface area (Å²) in [6, 6.07) is 3.75. The third-order valence-electron chi connectivity index (χ3n) is 3.58. The molecule has 6 nitrogen and oxygen atoms in total. The van der Waals surface area contributed by atoms with Gasteiger partial charge in [0.1, 0.15) is 0 Å². The molecule has 0 spiro atoms. The summed E-state index contributed by atoms with van der Waals surface area (Å²) >= 11 is 0. The van der Waals surface area contributed by atoms with Crippen LogP contribution in [0.2, 0.25) is 0 Å². The van der Waals surface area contributed by atoms with Gasteiger partial charge in [0, 0.05) is 25.2 Å². The van der Waals surface area contributed by atoms with Crippen molar-refractivity contribution >= 4 is 0 Å². The maximum atomic E-state index is 5.79. The zero-order valence-electron chi connectivity index (χ0n) is 12.1. The smallest absolute Gasteiger partial charge is 0.233 e. The van der Waals surface area contributed by atoms with Gasteiger partial charge >= 0.3 is 0 Å². The van der Waals surface area contributed by atoms with Gasteiger partial charge in [0.25, 0.3) is 0 Å². The Hall–Kier alpha value is -1.95. The largest absolute Gasteiger partial charge is 0.481 e. The van der Waals surface area contributed by atoms with Crippen LogP contribution in [0.15, 0.2) is 22.9 Å². The van der Waals surface area contributed by atoms with Gasteiger partial charge in [-0.25, -0.2) is 4.98 Å². The minimum absolute atomic E-state index is 0.261. The van der Waals surface area contributed by atoms with Gasteiger partial charge in [-0.2, -0.15) is 4.98 Å². The second-order valence-electron chi connectivity index (χ2n) is 5.02. The van der Waals surface area contributed by atoms with Crippen LogP contribution in [0.3, 0.4) is 0 Å². The molecule has 0 aromatic carbocycles. The predicted octanol–water partition coefficient (Wildman–Crippen LogP) is 1.69. The first-order chi connectivity index (χ1) is 9.61. The second-order valence-corrected chi connectivity index (χ2v) is 5.02. The zero-order valence-corrected chi connectivity index (χ0v) is 12.1. The summed E-state index contributed by atoms with van der Waals surface area (Å²) in [6.45, 7) is 4.57. The summed E-state index contributed by atoms with van der Waals surface area (Å²) in [5.41, 5.74) is 6.53. The molecule has 0 aliphatic rings. The molecule has 0 saturated heterocycles. The lowest BCUT2D eigenvalue weighted by molar-refractivity contribution is 0.289. The van der Waals surface area contributed by atoms with Crippen molar-refractivity contribution in [2.75, 3.05) is 13.7 Å². The van der Waals surface area contributed by atoms with Crippen molar-refractivity contribution in [3.63, 3.8) is 0 Å². The van der Waals surface area contributed by atoms with Crippen LogP contribution in [0.1, 0.15) is 37.5 Å². The summed E-state index contributed by atoms with van der Waals surface area (Å²) in [6.07, 6.45) is 3.18. The summed E-state index contributed by atoms with van der Waals surface area (Å²) in [5, 5.41) is 4.02. The molecule has 1 unspecified atom stereocenters. The van der Waals surface area contributed by atoms with Crippen molar-refractivity contribution in [3.8, 4) is 5.88 Å². The van der Waals surface area contributed by atoms with Crippen molar-refractivity contribution in [1.82, 2.24) is 15.1 Å². The van der Waals surface area contributed by atoms with E-state index in [1.165, 1.54) is 0 Å². The van der Waals surface area contributed by atoms with Crippen LogP contribution in [-0.4, -0.2) is 28.8 Å². The lowest BCUT2D eigenvalue weighted by Crippen LogP contribution is -2.31. The average molecular weight is 276 g/mol. The van der Waals surface area contributed by atoms with E-state index in [0.29, 0.717) is 30.6 Å². The third-order valence-corrected chi connectivity index (χ3v) is 3.58.